The third-order valence-electron chi connectivity index (χ3n) is 1.37. The van der Waals surface area contributed by atoms with Gasteiger partial charge < -0.3 is 16.0 Å². The van der Waals surface area contributed by atoms with Crippen molar-refractivity contribution in [3.63, 3.8) is 0 Å². The smallest absolute Gasteiger partial charge is 0.124 e. The Labute approximate surface area is 59.2 Å². The molecule has 0 amide bonds. The van der Waals surface area contributed by atoms with Crippen molar-refractivity contribution < 1.29 is 4.52 Å². The van der Waals surface area contributed by atoms with Gasteiger partial charge in [-0.1, -0.05) is 5.16 Å². The average molecular weight is 141 g/mol. The summed E-state index contributed by atoms with van der Waals surface area (Å²) in [6.45, 7) is 1.83. The maximum Gasteiger partial charge on any atom is 0.124 e. The fraction of sp³-hybridized carbons (Fsp3) is 0.500. The van der Waals surface area contributed by atoms with Crippen LogP contribution in [0.2, 0.25) is 0 Å². The van der Waals surface area contributed by atoms with Crippen molar-refractivity contribution >= 4 is 0 Å². The summed E-state index contributed by atoms with van der Waals surface area (Å²) in [6.07, 6.45) is 1.48. The molecule has 0 bridgehead atoms. The zero-order valence-electron chi connectivity index (χ0n) is 5.82. The van der Waals surface area contributed by atoms with Gasteiger partial charge in [0, 0.05) is 12.1 Å². The first-order chi connectivity index (χ1) is 4.72. The highest BCUT2D eigenvalue weighted by atomic mass is 16.5. The first kappa shape index (κ1) is 7.24. The number of nitrogens with zero attached hydrogens (tertiary/aromatic N) is 1. The molecule has 1 aromatic heterocycles. The number of hydrogen-bond acceptors (Lipinski definition) is 4. The summed E-state index contributed by atoms with van der Waals surface area (Å²) in [6, 6.07) is 1.40. The minimum atomic E-state index is -0.223. The van der Waals surface area contributed by atoms with Crippen LogP contribution in [0.5, 0.6) is 0 Å². The van der Waals surface area contributed by atoms with Gasteiger partial charge in [0.2, 0.25) is 0 Å². The van der Waals surface area contributed by atoms with E-state index in [-0.39, 0.29) is 12.1 Å². The number of rotatable bonds is 2. The van der Waals surface area contributed by atoms with E-state index < -0.39 is 0 Å². The molecule has 0 aliphatic heterocycles. The second-order valence-corrected chi connectivity index (χ2v) is 2.31. The van der Waals surface area contributed by atoms with Crippen LogP contribution >= 0.6 is 0 Å². The molecule has 0 radical (unpaired) electrons. The van der Waals surface area contributed by atoms with Crippen LogP contribution in [-0.4, -0.2) is 11.2 Å². The molecule has 0 aromatic carbocycles. The lowest BCUT2D eigenvalue weighted by Gasteiger charge is -2.10. The number of aromatic nitrogens is 1. The Kier molecular flexibility index (Phi) is 2.03. The van der Waals surface area contributed by atoms with Gasteiger partial charge in [-0.3, -0.25) is 0 Å². The van der Waals surface area contributed by atoms with Gasteiger partial charge in [-0.05, 0) is 6.92 Å². The Morgan fingerprint density at radius 1 is 1.60 bits per heavy atom. The van der Waals surface area contributed by atoms with Crippen molar-refractivity contribution in [1.82, 2.24) is 5.16 Å². The van der Waals surface area contributed by atoms with Crippen molar-refractivity contribution in [3.8, 4) is 0 Å². The Morgan fingerprint density at radius 2 is 2.30 bits per heavy atom. The minimum absolute atomic E-state index is 0.0925. The summed E-state index contributed by atoms with van der Waals surface area (Å²) in [4.78, 5) is 0. The lowest BCUT2D eigenvalue weighted by Crippen LogP contribution is -2.31. The summed E-state index contributed by atoms with van der Waals surface area (Å²) in [5.41, 5.74) is 11.9. The molecule has 4 heteroatoms. The Bertz CT molecular complexity index is 183. The first-order valence-electron chi connectivity index (χ1n) is 3.13. The summed E-state index contributed by atoms with van der Waals surface area (Å²) in [5.74, 6) is 0. The monoisotopic (exact) mass is 141 g/mol. The quantitative estimate of drug-likeness (QED) is 0.608. The summed E-state index contributed by atoms with van der Waals surface area (Å²) >= 11 is 0. The fourth-order valence-corrected chi connectivity index (χ4v) is 0.663. The summed E-state index contributed by atoms with van der Waals surface area (Å²) in [5, 5.41) is 3.66. The Balaban J connectivity index is 2.68. The zero-order chi connectivity index (χ0) is 7.56. The molecular formula is C6H11N3O. The molecule has 1 heterocycles. The van der Waals surface area contributed by atoms with E-state index in [1.54, 1.807) is 6.07 Å². The predicted octanol–water partition coefficient (Wildman–Crippen LogP) is 0.0216. The second-order valence-electron chi connectivity index (χ2n) is 2.31. The van der Waals surface area contributed by atoms with Gasteiger partial charge in [0.25, 0.3) is 0 Å². The minimum Gasteiger partial charge on any atom is -0.364 e. The van der Waals surface area contributed by atoms with Crippen LogP contribution in [0.15, 0.2) is 16.9 Å². The Morgan fingerprint density at radius 3 is 2.70 bits per heavy atom. The molecule has 4 nitrogen and oxygen atoms in total. The van der Waals surface area contributed by atoms with E-state index in [9.17, 15) is 0 Å². The molecule has 1 rings (SSSR count). The second kappa shape index (κ2) is 2.81. The van der Waals surface area contributed by atoms with Crippen LogP contribution in [0.3, 0.4) is 0 Å². The normalized spacial score (nSPS) is 16.7. The highest BCUT2D eigenvalue weighted by Gasteiger charge is 2.12. The van der Waals surface area contributed by atoms with Crippen LogP contribution in [0, 0.1) is 0 Å². The van der Waals surface area contributed by atoms with E-state index >= 15 is 0 Å². The summed E-state index contributed by atoms with van der Waals surface area (Å²) < 4.78 is 4.60. The first-order valence-corrected chi connectivity index (χ1v) is 3.13. The van der Waals surface area contributed by atoms with Gasteiger partial charge in [0.1, 0.15) is 12.0 Å². The van der Waals surface area contributed by atoms with Gasteiger partial charge in [-0.15, -0.1) is 0 Å². The van der Waals surface area contributed by atoms with Crippen LogP contribution in [0.4, 0.5) is 0 Å². The third kappa shape index (κ3) is 1.34. The fourth-order valence-electron chi connectivity index (χ4n) is 0.663. The van der Waals surface area contributed by atoms with Crippen LogP contribution < -0.4 is 11.5 Å². The highest BCUT2D eigenvalue weighted by molar-refractivity contribution is 5.04. The van der Waals surface area contributed by atoms with E-state index in [0.717, 1.165) is 0 Å². The lowest BCUT2D eigenvalue weighted by molar-refractivity contribution is 0.400. The lowest BCUT2D eigenvalue weighted by atomic mass is 10.1. The third-order valence-corrected chi connectivity index (χ3v) is 1.37. The van der Waals surface area contributed by atoms with E-state index in [1.807, 2.05) is 6.92 Å². The zero-order valence-corrected chi connectivity index (χ0v) is 5.82. The molecule has 10 heavy (non-hydrogen) atoms. The molecule has 0 saturated heterocycles. The molecule has 0 fully saturated rings. The molecule has 0 saturated carbocycles. The maximum absolute atomic E-state index is 5.63. The van der Waals surface area contributed by atoms with Gasteiger partial charge in [-0.2, -0.15) is 0 Å². The molecule has 0 spiro atoms. The molecule has 1 aromatic rings. The number of nitrogens with two attached hydrogens (primary N) is 2. The van der Waals surface area contributed by atoms with Crippen molar-refractivity contribution in [3.05, 3.63) is 18.0 Å². The van der Waals surface area contributed by atoms with Crippen molar-refractivity contribution in [1.29, 1.82) is 0 Å². The number of hydrogen-bond donors (Lipinski definition) is 2. The molecular weight excluding hydrogens is 130 g/mol. The van der Waals surface area contributed by atoms with E-state index in [0.29, 0.717) is 5.69 Å². The topological polar surface area (TPSA) is 78.1 Å². The van der Waals surface area contributed by atoms with Crippen LogP contribution in [-0.2, 0) is 0 Å². The van der Waals surface area contributed by atoms with Crippen molar-refractivity contribution in [2.24, 2.45) is 11.5 Å². The standard InChI is InChI=1S/C6H11N3O/c1-4(7)6(8)5-2-3-10-9-5/h2-4,6H,7-8H2,1H3. The van der Waals surface area contributed by atoms with E-state index in [4.69, 9.17) is 11.5 Å². The van der Waals surface area contributed by atoms with Gasteiger partial charge in [-0.25, -0.2) is 0 Å². The molecule has 4 N–H and O–H groups in total. The van der Waals surface area contributed by atoms with Gasteiger partial charge in [0.05, 0.1) is 6.04 Å². The molecule has 56 valence electrons. The maximum atomic E-state index is 5.63. The Hall–Kier alpha value is -0.870. The van der Waals surface area contributed by atoms with E-state index in [2.05, 4.69) is 9.68 Å². The van der Waals surface area contributed by atoms with Gasteiger partial charge in [0.15, 0.2) is 0 Å². The predicted molar refractivity (Wildman–Crippen MR) is 37.1 cm³/mol. The molecule has 2 atom stereocenters. The highest BCUT2D eigenvalue weighted by Crippen LogP contribution is 2.08. The van der Waals surface area contributed by atoms with Crippen LogP contribution in [0.25, 0.3) is 0 Å². The van der Waals surface area contributed by atoms with Crippen molar-refractivity contribution in [2.75, 3.05) is 0 Å². The van der Waals surface area contributed by atoms with Crippen molar-refractivity contribution in [2.45, 2.75) is 19.0 Å². The van der Waals surface area contributed by atoms with Crippen LogP contribution in [0.1, 0.15) is 18.7 Å². The molecule has 0 aliphatic rings. The van der Waals surface area contributed by atoms with E-state index in [1.165, 1.54) is 6.26 Å². The summed E-state index contributed by atoms with van der Waals surface area (Å²) in [7, 11) is 0. The SMILES string of the molecule is CC(N)C(N)c1ccon1. The largest absolute Gasteiger partial charge is 0.364 e. The van der Waals surface area contributed by atoms with Gasteiger partial charge >= 0.3 is 0 Å². The molecule has 2 unspecified atom stereocenters. The molecule has 0 aliphatic carbocycles. The average Bonchev–Trinajstić information content (AvgIpc) is 2.36.